The van der Waals surface area contributed by atoms with E-state index in [1.807, 2.05) is 86.6 Å². The van der Waals surface area contributed by atoms with Crippen LogP contribution in [0.3, 0.4) is 0 Å². The van der Waals surface area contributed by atoms with Crippen LogP contribution < -0.4 is 20.7 Å². The number of aliphatic hydroxyl groups is 1. The van der Waals surface area contributed by atoms with Crippen LogP contribution in [0.1, 0.15) is 62.3 Å². The van der Waals surface area contributed by atoms with Crippen LogP contribution in [0.25, 0.3) is 0 Å². The lowest BCUT2D eigenvalue weighted by Gasteiger charge is -2.33. The van der Waals surface area contributed by atoms with E-state index in [4.69, 9.17) is 18.9 Å². The van der Waals surface area contributed by atoms with Crippen LogP contribution in [0.2, 0.25) is 0 Å². The summed E-state index contributed by atoms with van der Waals surface area (Å²) in [4.78, 5) is 12.2. The molecule has 4 rings (SSSR count). The summed E-state index contributed by atoms with van der Waals surface area (Å²) in [6, 6.07) is 22.5. The molecule has 1 heterocycles. The first-order chi connectivity index (χ1) is 20.9. The molecule has 232 valence electrons. The highest BCUT2D eigenvalue weighted by Gasteiger charge is 2.27. The van der Waals surface area contributed by atoms with Gasteiger partial charge in [0, 0.05) is 57.2 Å². The quantitative estimate of drug-likeness (QED) is 0.135. The molecule has 0 bridgehead atoms. The van der Waals surface area contributed by atoms with Crippen LogP contribution in [0, 0.1) is 0 Å². The van der Waals surface area contributed by atoms with Crippen LogP contribution in [0.15, 0.2) is 72.8 Å². The van der Waals surface area contributed by atoms with E-state index in [1.165, 1.54) is 0 Å². The van der Waals surface area contributed by atoms with Crippen molar-refractivity contribution in [3.05, 3.63) is 89.5 Å². The van der Waals surface area contributed by atoms with Gasteiger partial charge in [-0.2, -0.15) is 0 Å². The predicted molar refractivity (Wildman–Crippen MR) is 168 cm³/mol. The standard InChI is InChI=1S/C34H45N3O6/c1-34(2)42-25-28-22-27(15-16-32(28)43-34)31(38)23-35-17-7-4-8-18-40-19-10-20-41-24-26-11-9-14-30(21-26)37-33(39)36-29-12-5-3-6-13-29/h3,5-6,9,11-16,21-22,31,35,38H,4,7-8,10,17-20,23-25H2,1-2H3,(H2,36,37,39)/t31-/m0/s1. The van der Waals surface area contributed by atoms with Gasteiger partial charge in [0.25, 0.3) is 0 Å². The normalized spacial score (nSPS) is 14.4. The lowest BCUT2D eigenvalue weighted by Crippen LogP contribution is -2.35. The number of benzene rings is 3. The Bertz CT molecular complexity index is 1270. The molecule has 0 aliphatic carbocycles. The molecule has 0 fully saturated rings. The molecule has 4 N–H and O–H groups in total. The number of hydrogen-bond donors (Lipinski definition) is 4. The maximum absolute atomic E-state index is 12.2. The van der Waals surface area contributed by atoms with E-state index < -0.39 is 11.9 Å². The number of rotatable bonds is 17. The maximum atomic E-state index is 12.2. The first-order valence-corrected chi connectivity index (χ1v) is 15.1. The van der Waals surface area contributed by atoms with E-state index in [1.54, 1.807) is 0 Å². The molecule has 0 saturated heterocycles. The SMILES string of the molecule is CC1(C)OCc2cc([C@@H](O)CNCCCCCOCCCOCc3cccc(NC(=O)Nc4ccccc4)c3)ccc2O1. The molecule has 43 heavy (non-hydrogen) atoms. The Kier molecular flexibility index (Phi) is 12.8. The molecule has 0 unspecified atom stereocenters. The molecule has 1 atom stereocenters. The molecule has 9 nitrogen and oxygen atoms in total. The number of unbranched alkanes of at least 4 members (excludes halogenated alkanes) is 2. The third-order valence-electron chi connectivity index (χ3n) is 6.94. The summed E-state index contributed by atoms with van der Waals surface area (Å²) in [6.45, 7) is 8.12. The highest BCUT2D eigenvalue weighted by atomic mass is 16.7. The van der Waals surface area contributed by atoms with Gasteiger partial charge in [-0.3, -0.25) is 0 Å². The number of para-hydroxylation sites is 1. The Balaban J connectivity index is 0.970. The molecule has 2 amide bonds. The van der Waals surface area contributed by atoms with Gasteiger partial charge < -0.3 is 40.0 Å². The van der Waals surface area contributed by atoms with Crippen LogP contribution in [0.4, 0.5) is 16.2 Å². The van der Waals surface area contributed by atoms with Crippen molar-refractivity contribution >= 4 is 17.4 Å². The van der Waals surface area contributed by atoms with Gasteiger partial charge in [-0.25, -0.2) is 4.79 Å². The highest BCUT2D eigenvalue weighted by Crippen LogP contribution is 2.32. The number of anilines is 2. The van der Waals surface area contributed by atoms with Crippen molar-refractivity contribution < 1.29 is 28.8 Å². The number of amides is 2. The lowest BCUT2D eigenvalue weighted by atomic mass is 10.0. The summed E-state index contributed by atoms with van der Waals surface area (Å²) in [5.74, 6) is 0.198. The molecular weight excluding hydrogens is 546 g/mol. The molecule has 0 saturated carbocycles. The number of urea groups is 1. The highest BCUT2D eigenvalue weighted by molar-refractivity contribution is 5.99. The fourth-order valence-corrected chi connectivity index (χ4v) is 4.66. The lowest BCUT2D eigenvalue weighted by molar-refractivity contribution is -0.180. The second kappa shape index (κ2) is 17.0. The fourth-order valence-electron chi connectivity index (χ4n) is 4.66. The second-order valence-corrected chi connectivity index (χ2v) is 11.1. The Labute approximate surface area is 254 Å². The first kappa shape index (κ1) is 32.4. The summed E-state index contributed by atoms with van der Waals surface area (Å²) in [5.41, 5.74) is 4.28. The first-order valence-electron chi connectivity index (χ1n) is 15.1. The number of ether oxygens (including phenoxy) is 4. The average molecular weight is 592 g/mol. The molecule has 0 radical (unpaired) electrons. The minimum absolute atomic E-state index is 0.283. The van der Waals surface area contributed by atoms with Crippen molar-refractivity contribution in [1.29, 1.82) is 0 Å². The zero-order chi connectivity index (χ0) is 30.3. The zero-order valence-electron chi connectivity index (χ0n) is 25.3. The Morgan fingerprint density at radius 1 is 0.884 bits per heavy atom. The number of hydrogen-bond acceptors (Lipinski definition) is 7. The smallest absolute Gasteiger partial charge is 0.323 e. The summed E-state index contributed by atoms with van der Waals surface area (Å²) in [7, 11) is 0. The van der Waals surface area contributed by atoms with Crippen molar-refractivity contribution in [3.63, 3.8) is 0 Å². The Morgan fingerprint density at radius 3 is 2.51 bits per heavy atom. The van der Waals surface area contributed by atoms with Gasteiger partial charge in [-0.05, 0) is 79.8 Å². The van der Waals surface area contributed by atoms with Crippen molar-refractivity contribution in [3.8, 4) is 5.75 Å². The van der Waals surface area contributed by atoms with Crippen LogP contribution >= 0.6 is 0 Å². The van der Waals surface area contributed by atoms with Gasteiger partial charge in [0.1, 0.15) is 5.75 Å². The molecular formula is C34H45N3O6. The fraction of sp³-hybridized carbons (Fsp3) is 0.441. The molecule has 0 spiro atoms. The van der Waals surface area contributed by atoms with Crippen LogP contribution in [0.5, 0.6) is 5.75 Å². The number of carbonyl (C=O) groups is 1. The number of carbonyl (C=O) groups excluding carboxylic acids is 1. The average Bonchev–Trinajstić information content (AvgIpc) is 2.99. The number of aliphatic hydroxyl groups excluding tert-OH is 1. The molecule has 0 aromatic heterocycles. The number of nitrogens with one attached hydrogen (secondary N) is 3. The number of fused-ring (bicyclic) bond motifs is 1. The van der Waals surface area contributed by atoms with E-state index in [0.29, 0.717) is 38.7 Å². The molecule has 1 aliphatic heterocycles. The van der Waals surface area contributed by atoms with Crippen LogP contribution in [-0.2, 0) is 27.4 Å². The van der Waals surface area contributed by atoms with Crippen molar-refractivity contribution in [1.82, 2.24) is 5.32 Å². The largest absolute Gasteiger partial charge is 0.463 e. The zero-order valence-corrected chi connectivity index (χ0v) is 25.3. The van der Waals surface area contributed by atoms with Gasteiger partial charge in [0.15, 0.2) is 0 Å². The predicted octanol–water partition coefficient (Wildman–Crippen LogP) is 6.39. The summed E-state index contributed by atoms with van der Waals surface area (Å²) in [5, 5.41) is 19.6. The topological polar surface area (TPSA) is 110 Å². The summed E-state index contributed by atoms with van der Waals surface area (Å²) in [6.07, 6.45) is 3.36. The van der Waals surface area contributed by atoms with Crippen LogP contribution in [-0.4, -0.2) is 49.8 Å². The monoisotopic (exact) mass is 591 g/mol. The van der Waals surface area contributed by atoms with Gasteiger partial charge in [0.2, 0.25) is 5.79 Å². The molecule has 9 heteroatoms. The van der Waals surface area contributed by atoms with E-state index >= 15 is 0 Å². The maximum Gasteiger partial charge on any atom is 0.323 e. The Morgan fingerprint density at radius 2 is 1.65 bits per heavy atom. The van der Waals surface area contributed by atoms with Crippen molar-refractivity contribution in [2.75, 3.05) is 43.5 Å². The molecule has 3 aromatic carbocycles. The van der Waals surface area contributed by atoms with Gasteiger partial charge >= 0.3 is 6.03 Å². The third kappa shape index (κ3) is 11.6. The molecule has 1 aliphatic rings. The van der Waals surface area contributed by atoms with E-state index in [-0.39, 0.29) is 6.03 Å². The van der Waals surface area contributed by atoms with E-state index in [2.05, 4.69) is 16.0 Å². The van der Waals surface area contributed by atoms with Crippen molar-refractivity contribution in [2.45, 2.75) is 64.6 Å². The van der Waals surface area contributed by atoms with E-state index in [0.717, 1.165) is 67.0 Å². The van der Waals surface area contributed by atoms with Gasteiger partial charge in [-0.1, -0.05) is 36.4 Å². The summed E-state index contributed by atoms with van der Waals surface area (Å²) >= 11 is 0. The minimum atomic E-state index is -0.618. The van der Waals surface area contributed by atoms with Gasteiger partial charge in [-0.15, -0.1) is 0 Å². The third-order valence-corrected chi connectivity index (χ3v) is 6.94. The molecule has 3 aromatic rings. The van der Waals surface area contributed by atoms with E-state index in [9.17, 15) is 9.90 Å². The van der Waals surface area contributed by atoms with Crippen molar-refractivity contribution in [2.24, 2.45) is 0 Å². The van der Waals surface area contributed by atoms with Gasteiger partial charge in [0.05, 0.1) is 19.3 Å². The second-order valence-electron chi connectivity index (χ2n) is 11.1. The summed E-state index contributed by atoms with van der Waals surface area (Å²) < 4.78 is 23.1. The Hall–Kier alpha value is -3.47. The minimum Gasteiger partial charge on any atom is -0.463 e.